The number of nitrogens with one attached hydrogen (secondary N) is 2. The molecule has 0 radical (unpaired) electrons. The van der Waals surface area contributed by atoms with Crippen molar-refractivity contribution in [1.29, 1.82) is 5.26 Å². The lowest BCUT2D eigenvalue weighted by molar-refractivity contribution is 0.405. The lowest BCUT2D eigenvalue weighted by Gasteiger charge is -2.14. The Morgan fingerprint density at radius 2 is 1.68 bits per heavy atom. The number of nitrogens with zero attached hydrogens (tertiary/aromatic N) is 3. The van der Waals surface area contributed by atoms with E-state index < -0.39 is 0 Å². The molecule has 142 valence electrons. The number of nitriles is 1. The predicted octanol–water partition coefficient (Wildman–Crippen LogP) is 4.81. The fourth-order valence-electron chi connectivity index (χ4n) is 2.61. The number of aromatic nitrogens is 2. The number of ether oxygens (including phenoxy) is 2. The van der Waals surface area contributed by atoms with Crippen molar-refractivity contribution in [3.63, 3.8) is 0 Å². The first-order valence-corrected chi connectivity index (χ1v) is 8.71. The first-order valence-electron chi connectivity index (χ1n) is 8.34. The van der Waals surface area contributed by atoms with Crippen LogP contribution < -0.4 is 20.1 Å². The highest BCUT2D eigenvalue weighted by Crippen LogP contribution is 2.37. The lowest BCUT2D eigenvalue weighted by atomic mass is 10.2. The van der Waals surface area contributed by atoms with Crippen LogP contribution in [-0.2, 0) is 0 Å². The Morgan fingerprint density at radius 3 is 2.36 bits per heavy atom. The largest absolute Gasteiger partial charge is 0.495 e. The Morgan fingerprint density at radius 1 is 0.964 bits per heavy atom. The minimum Gasteiger partial charge on any atom is -0.495 e. The molecular formula is C20H18ClN5O2. The van der Waals surface area contributed by atoms with Crippen LogP contribution in [0.1, 0.15) is 11.4 Å². The van der Waals surface area contributed by atoms with Crippen LogP contribution in [0.25, 0.3) is 0 Å². The molecule has 0 saturated carbocycles. The molecule has 2 aromatic carbocycles. The van der Waals surface area contributed by atoms with Crippen LogP contribution in [0, 0.1) is 18.3 Å². The van der Waals surface area contributed by atoms with Gasteiger partial charge in [0.15, 0.2) is 0 Å². The van der Waals surface area contributed by atoms with Gasteiger partial charge < -0.3 is 20.1 Å². The third-order valence-corrected chi connectivity index (χ3v) is 4.13. The van der Waals surface area contributed by atoms with Gasteiger partial charge >= 0.3 is 0 Å². The highest BCUT2D eigenvalue weighted by Gasteiger charge is 2.12. The van der Waals surface area contributed by atoms with Crippen LogP contribution in [-0.4, -0.2) is 24.2 Å². The average molecular weight is 396 g/mol. The maximum absolute atomic E-state index is 9.05. The zero-order valence-electron chi connectivity index (χ0n) is 15.6. The van der Waals surface area contributed by atoms with Crippen LogP contribution in [0.15, 0.2) is 42.5 Å². The Bertz CT molecular complexity index is 1050. The van der Waals surface area contributed by atoms with Crippen molar-refractivity contribution in [1.82, 2.24) is 9.97 Å². The van der Waals surface area contributed by atoms with E-state index in [2.05, 4.69) is 26.7 Å². The van der Waals surface area contributed by atoms with E-state index in [1.165, 1.54) is 0 Å². The Labute approximate surface area is 167 Å². The van der Waals surface area contributed by atoms with Gasteiger partial charge in [-0.1, -0.05) is 17.7 Å². The summed E-state index contributed by atoms with van der Waals surface area (Å²) in [6.45, 7) is 1.79. The number of halogens is 1. The van der Waals surface area contributed by atoms with E-state index in [-0.39, 0.29) is 0 Å². The second kappa shape index (κ2) is 8.46. The summed E-state index contributed by atoms with van der Waals surface area (Å²) in [4.78, 5) is 8.81. The molecule has 3 rings (SSSR count). The van der Waals surface area contributed by atoms with Crippen molar-refractivity contribution in [2.75, 3.05) is 24.9 Å². The van der Waals surface area contributed by atoms with E-state index in [4.69, 9.17) is 26.3 Å². The van der Waals surface area contributed by atoms with E-state index >= 15 is 0 Å². The van der Waals surface area contributed by atoms with Crippen LogP contribution in [0.5, 0.6) is 11.5 Å². The summed E-state index contributed by atoms with van der Waals surface area (Å²) in [6.07, 6.45) is 0. The molecule has 0 spiro atoms. The van der Waals surface area contributed by atoms with Crippen LogP contribution in [0.2, 0.25) is 5.02 Å². The molecule has 1 aromatic heterocycles. The van der Waals surface area contributed by atoms with E-state index in [0.29, 0.717) is 45.2 Å². The molecule has 0 aliphatic rings. The molecule has 0 amide bonds. The molecule has 0 saturated heterocycles. The van der Waals surface area contributed by atoms with E-state index in [0.717, 1.165) is 5.69 Å². The summed E-state index contributed by atoms with van der Waals surface area (Å²) in [5, 5.41) is 15.9. The van der Waals surface area contributed by atoms with Crippen molar-refractivity contribution >= 4 is 34.6 Å². The molecule has 8 heteroatoms. The zero-order chi connectivity index (χ0) is 20.1. The molecule has 7 nitrogen and oxygen atoms in total. The molecular weight excluding hydrogens is 378 g/mol. The van der Waals surface area contributed by atoms with Gasteiger partial charge in [-0.3, -0.25) is 0 Å². The van der Waals surface area contributed by atoms with Gasteiger partial charge in [0.2, 0.25) is 0 Å². The molecule has 0 fully saturated rings. The number of benzene rings is 2. The minimum atomic E-state index is 0.448. The van der Waals surface area contributed by atoms with Gasteiger partial charge in [0, 0.05) is 23.9 Å². The molecule has 3 aromatic rings. The van der Waals surface area contributed by atoms with Gasteiger partial charge in [0.05, 0.1) is 36.6 Å². The van der Waals surface area contributed by atoms with Crippen molar-refractivity contribution in [2.24, 2.45) is 0 Å². The van der Waals surface area contributed by atoms with E-state index in [9.17, 15) is 0 Å². The van der Waals surface area contributed by atoms with E-state index in [1.807, 2.05) is 6.07 Å². The van der Waals surface area contributed by atoms with Gasteiger partial charge in [0.25, 0.3) is 0 Å². The Balaban J connectivity index is 1.91. The van der Waals surface area contributed by atoms with Crippen molar-refractivity contribution < 1.29 is 9.47 Å². The fraction of sp³-hybridized carbons (Fsp3) is 0.150. The van der Waals surface area contributed by atoms with Gasteiger partial charge in [-0.05, 0) is 25.1 Å². The second-order valence-corrected chi connectivity index (χ2v) is 6.22. The quantitative estimate of drug-likeness (QED) is 0.618. The Kier molecular flexibility index (Phi) is 5.82. The van der Waals surface area contributed by atoms with E-state index in [1.54, 1.807) is 57.5 Å². The number of hydrogen-bond donors (Lipinski definition) is 2. The van der Waals surface area contributed by atoms with Crippen LogP contribution in [0.3, 0.4) is 0 Å². The summed E-state index contributed by atoms with van der Waals surface area (Å²) in [6, 6.07) is 14.4. The third kappa shape index (κ3) is 4.42. The van der Waals surface area contributed by atoms with Crippen molar-refractivity contribution in [3.05, 3.63) is 58.9 Å². The molecule has 0 aliphatic heterocycles. The highest BCUT2D eigenvalue weighted by atomic mass is 35.5. The molecule has 2 N–H and O–H groups in total. The first-order chi connectivity index (χ1) is 13.5. The second-order valence-electron chi connectivity index (χ2n) is 5.82. The number of rotatable bonds is 6. The van der Waals surface area contributed by atoms with Gasteiger partial charge in [-0.2, -0.15) is 5.26 Å². The molecule has 0 atom stereocenters. The van der Waals surface area contributed by atoms with Gasteiger partial charge in [0.1, 0.15) is 29.0 Å². The maximum atomic E-state index is 9.05. The third-order valence-electron chi connectivity index (χ3n) is 3.84. The molecule has 0 bridgehead atoms. The number of hydrogen-bond acceptors (Lipinski definition) is 7. The summed E-state index contributed by atoms with van der Waals surface area (Å²) in [5.74, 6) is 2.80. The monoisotopic (exact) mass is 395 g/mol. The minimum absolute atomic E-state index is 0.448. The average Bonchev–Trinajstić information content (AvgIpc) is 2.68. The standard InChI is InChI=1S/C20H18ClN5O2/c1-12-23-19(25-14-6-4-5-13(7-14)11-22)10-20(24-12)26-16-9-17(27-2)15(21)8-18(16)28-3/h4-10H,1-3H3,(H2,23,24,25,26). The number of aryl methyl sites for hydroxylation is 1. The smallest absolute Gasteiger partial charge is 0.144 e. The molecule has 28 heavy (non-hydrogen) atoms. The van der Waals surface area contributed by atoms with Gasteiger partial charge in [-0.15, -0.1) is 0 Å². The van der Waals surface area contributed by atoms with Crippen LogP contribution in [0.4, 0.5) is 23.0 Å². The predicted molar refractivity (Wildman–Crippen MR) is 109 cm³/mol. The maximum Gasteiger partial charge on any atom is 0.144 e. The highest BCUT2D eigenvalue weighted by molar-refractivity contribution is 6.32. The topological polar surface area (TPSA) is 92.1 Å². The first kappa shape index (κ1) is 19.3. The van der Waals surface area contributed by atoms with Crippen LogP contribution >= 0.6 is 11.6 Å². The molecule has 0 unspecified atom stereocenters. The van der Waals surface area contributed by atoms with Crippen molar-refractivity contribution in [3.8, 4) is 17.6 Å². The zero-order valence-corrected chi connectivity index (χ0v) is 16.3. The number of anilines is 4. The molecule has 1 heterocycles. The summed E-state index contributed by atoms with van der Waals surface area (Å²) < 4.78 is 10.7. The number of methoxy groups -OCH3 is 2. The Hall–Kier alpha value is -3.50. The fourth-order valence-corrected chi connectivity index (χ4v) is 2.84. The van der Waals surface area contributed by atoms with Crippen molar-refractivity contribution in [2.45, 2.75) is 6.92 Å². The molecule has 0 aliphatic carbocycles. The summed E-state index contributed by atoms with van der Waals surface area (Å²) in [7, 11) is 3.10. The lowest BCUT2D eigenvalue weighted by Crippen LogP contribution is -2.03. The normalized spacial score (nSPS) is 10.1. The van der Waals surface area contributed by atoms with Gasteiger partial charge in [-0.25, -0.2) is 9.97 Å². The summed E-state index contributed by atoms with van der Waals surface area (Å²) >= 11 is 6.16. The SMILES string of the molecule is COc1cc(Nc2cc(Nc3cccc(C#N)c3)nc(C)n2)c(OC)cc1Cl. The summed E-state index contributed by atoms with van der Waals surface area (Å²) in [5.41, 5.74) is 1.97.